The third-order valence-electron chi connectivity index (χ3n) is 3.19. The highest BCUT2D eigenvalue weighted by atomic mass is 16.5. The second-order valence-electron chi connectivity index (χ2n) is 4.62. The summed E-state index contributed by atoms with van der Waals surface area (Å²) in [7, 11) is 1.52. The van der Waals surface area contributed by atoms with Crippen molar-refractivity contribution in [1.82, 2.24) is 0 Å². The number of carbonyl (C=O) groups is 1. The summed E-state index contributed by atoms with van der Waals surface area (Å²) in [6, 6.07) is 8.65. The standard InChI is InChI=1S/C16H16O5/c1-21-12-4-7-14(18)10(8-12)2-6-15(19)13-5-3-11(17)9-16(13)20/h3-5,7-9,17-18,20H,2,6H2,1H3. The lowest BCUT2D eigenvalue weighted by molar-refractivity contribution is 0.0980. The van der Waals surface area contributed by atoms with E-state index in [9.17, 15) is 20.1 Å². The quantitative estimate of drug-likeness (QED) is 0.736. The SMILES string of the molecule is COc1ccc(O)c(CCC(=O)c2ccc(O)cc2O)c1. The summed E-state index contributed by atoms with van der Waals surface area (Å²) < 4.78 is 5.07. The van der Waals surface area contributed by atoms with E-state index in [0.717, 1.165) is 6.07 Å². The molecule has 0 radical (unpaired) electrons. The van der Waals surface area contributed by atoms with Gasteiger partial charge in [0.05, 0.1) is 12.7 Å². The van der Waals surface area contributed by atoms with Crippen molar-refractivity contribution >= 4 is 5.78 Å². The van der Waals surface area contributed by atoms with Gasteiger partial charge in [-0.1, -0.05) is 0 Å². The number of Topliss-reactive ketones (excluding diaryl/α,β-unsaturated/α-hetero) is 1. The Balaban J connectivity index is 2.10. The lowest BCUT2D eigenvalue weighted by Gasteiger charge is -2.08. The highest BCUT2D eigenvalue weighted by molar-refractivity contribution is 5.98. The van der Waals surface area contributed by atoms with E-state index in [-0.39, 0.29) is 35.0 Å². The van der Waals surface area contributed by atoms with Gasteiger partial charge in [-0.15, -0.1) is 0 Å². The molecule has 2 aromatic rings. The van der Waals surface area contributed by atoms with Crippen LogP contribution in [0.4, 0.5) is 0 Å². The molecule has 0 unspecified atom stereocenters. The van der Waals surface area contributed by atoms with E-state index in [2.05, 4.69) is 0 Å². The average molecular weight is 288 g/mol. The number of rotatable bonds is 5. The Labute approximate surface area is 122 Å². The van der Waals surface area contributed by atoms with Gasteiger partial charge < -0.3 is 20.1 Å². The van der Waals surface area contributed by atoms with Crippen LogP contribution in [-0.4, -0.2) is 28.2 Å². The number of hydrogen-bond donors (Lipinski definition) is 3. The molecule has 0 aliphatic rings. The van der Waals surface area contributed by atoms with Gasteiger partial charge in [-0.25, -0.2) is 0 Å². The molecule has 21 heavy (non-hydrogen) atoms. The Bertz CT molecular complexity index is 664. The molecule has 0 heterocycles. The molecule has 0 spiro atoms. The number of phenolic OH excluding ortho intramolecular Hbond substituents is 3. The van der Waals surface area contributed by atoms with Gasteiger partial charge in [0, 0.05) is 12.5 Å². The van der Waals surface area contributed by atoms with Gasteiger partial charge in [-0.3, -0.25) is 4.79 Å². The predicted molar refractivity (Wildman–Crippen MR) is 77.1 cm³/mol. The monoisotopic (exact) mass is 288 g/mol. The van der Waals surface area contributed by atoms with Crippen molar-refractivity contribution in [1.29, 1.82) is 0 Å². The van der Waals surface area contributed by atoms with Gasteiger partial charge in [0.15, 0.2) is 5.78 Å². The molecule has 0 bridgehead atoms. The van der Waals surface area contributed by atoms with Crippen molar-refractivity contribution in [3.05, 3.63) is 47.5 Å². The predicted octanol–water partition coefficient (Wildman–Crippen LogP) is 2.63. The van der Waals surface area contributed by atoms with Crippen LogP contribution in [0, 0.1) is 0 Å². The first-order valence-electron chi connectivity index (χ1n) is 6.42. The van der Waals surface area contributed by atoms with Gasteiger partial charge in [0.25, 0.3) is 0 Å². The summed E-state index contributed by atoms with van der Waals surface area (Å²) in [6.07, 6.45) is 0.446. The average Bonchev–Trinajstić information content (AvgIpc) is 2.46. The fourth-order valence-electron chi connectivity index (χ4n) is 2.03. The zero-order valence-electron chi connectivity index (χ0n) is 11.5. The molecule has 0 atom stereocenters. The van der Waals surface area contributed by atoms with Crippen LogP contribution in [-0.2, 0) is 6.42 Å². The summed E-state index contributed by atoms with van der Waals surface area (Å²) >= 11 is 0. The number of ketones is 1. The third-order valence-corrected chi connectivity index (χ3v) is 3.19. The first-order valence-corrected chi connectivity index (χ1v) is 6.42. The zero-order chi connectivity index (χ0) is 15.4. The van der Waals surface area contributed by atoms with E-state index < -0.39 is 0 Å². The topological polar surface area (TPSA) is 87.0 Å². The molecule has 3 N–H and O–H groups in total. The van der Waals surface area contributed by atoms with Crippen molar-refractivity contribution < 1.29 is 24.9 Å². The minimum absolute atomic E-state index is 0.0959. The van der Waals surface area contributed by atoms with E-state index in [1.54, 1.807) is 12.1 Å². The maximum atomic E-state index is 12.1. The number of carbonyl (C=O) groups excluding carboxylic acids is 1. The lowest BCUT2D eigenvalue weighted by atomic mass is 10.0. The Morgan fingerprint density at radius 3 is 2.48 bits per heavy atom. The molecular weight excluding hydrogens is 272 g/mol. The van der Waals surface area contributed by atoms with Gasteiger partial charge in [-0.2, -0.15) is 0 Å². The molecule has 0 aromatic heterocycles. The molecule has 0 saturated carbocycles. The van der Waals surface area contributed by atoms with E-state index in [4.69, 9.17) is 4.74 Å². The van der Waals surface area contributed by atoms with E-state index in [0.29, 0.717) is 17.7 Å². The van der Waals surface area contributed by atoms with Crippen LogP contribution in [0.15, 0.2) is 36.4 Å². The normalized spacial score (nSPS) is 10.3. The number of aryl methyl sites for hydroxylation is 1. The van der Waals surface area contributed by atoms with Crippen LogP contribution in [0.1, 0.15) is 22.3 Å². The number of ether oxygens (including phenoxy) is 1. The van der Waals surface area contributed by atoms with Crippen LogP contribution in [0.3, 0.4) is 0 Å². The molecule has 0 aliphatic carbocycles. The van der Waals surface area contributed by atoms with Crippen molar-refractivity contribution in [2.45, 2.75) is 12.8 Å². The number of hydrogen-bond acceptors (Lipinski definition) is 5. The molecule has 110 valence electrons. The van der Waals surface area contributed by atoms with E-state index in [1.165, 1.54) is 25.3 Å². The number of methoxy groups -OCH3 is 1. The molecule has 2 rings (SSSR count). The Morgan fingerprint density at radius 1 is 1.05 bits per heavy atom. The number of benzene rings is 2. The summed E-state index contributed by atoms with van der Waals surface area (Å²) in [5.74, 6) is 0.0698. The van der Waals surface area contributed by atoms with Crippen molar-refractivity contribution in [2.24, 2.45) is 0 Å². The maximum Gasteiger partial charge on any atom is 0.166 e. The van der Waals surface area contributed by atoms with Gasteiger partial charge in [0.1, 0.15) is 23.0 Å². The van der Waals surface area contributed by atoms with Crippen LogP contribution in [0.25, 0.3) is 0 Å². The summed E-state index contributed by atoms with van der Waals surface area (Å²) in [4.78, 5) is 12.1. The molecular formula is C16H16O5. The maximum absolute atomic E-state index is 12.1. The fraction of sp³-hybridized carbons (Fsp3) is 0.188. The molecule has 2 aromatic carbocycles. The number of aromatic hydroxyl groups is 3. The van der Waals surface area contributed by atoms with E-state index in [1.807, 2.05) is 0 Å². The lowest BCUT2D eigenvalue weighted by Crippen LogP contribution is -2.02. The highest BCUT2D eigenvalue weighted by Crippen LogP contribution is 2.27. The minimum atomic E-state index is -0.269. The summed E-state index contributed by atoms with van der Waals surface area (Å²) in [6.45, 7) is 0. The summed E-state index contributed by atoms with van der Waals surface area (Å²) in [5, 5.41) is 28.6. The van der Waals surface area contributed by atoms with Crippen molar-refractivity contribution in [2.75, 3.05) is 7.11 Å². The number of phenols is 3. The largest absolute Gasteiger partial charge is 0.508 e. The van der Waals surface area contributed by atoms with Gasteiger partial charge in [-0.05, 0) is 42.3 Å². The first kappa shape index (κ1) is 14.7. The fourth-order valence-corrected chi connectivity index (χ4v) is 2.03. The zero-order valence-corrected chi connectivity index (χ0v) is 11.5. The smallest absolute Gasteiger partial charge is 0.166 e. The molecule has 0 fully saturated rings. The Hall–Kier alpha value is -2.69. The first-order chi connectivity index (χ1) is 10.0. The molecule has 5 nitrogen and oxygen atoms in total. The minimum Gasteiger partial charge on any atom is -0.508 e. The van der Waals surface area contributed by atoms with Gasteiger partial charge in [0.2, 0.25) is 0 Å². The van der Waals surface area contributed by atoms with Crippen LogP contribution in [0.2, 0.25) is 0 Å². The van der Waals surface area contributed by atoms with Gasteiger partial charge >= 0.3 is 0 Å². The second kappa shape index (κ2) is 6.17. The molecule has 5 heteroatoms. The van der Waals surface area contributed by atoms with Crippen LogP contribution >= 0.6 is 0 Å². The highest BCUT2D eigenvalue weighted by Gasteiger charge is 2.13. The van der Waals surface area contributed by atoms with Crippen LogP contribution in [0.5, 0.6) is 23.0 Å². The Kier molecular flexibility index (Phi) is 4.33. The van der Waals surface area contributed by atoms with E-state index >= 15 is 0 Å². The second-order valence-corrected chi connectivity index (χ2v) is 4.62. The summed E-state index contributed by atoms with van der Waals surface area (Å²) in [5.41, 5.74) is 0.746. The molecule has 0 saturated heterocycles. The van der Waals surface area contributed by atoms with Crippen molar-refractivity contribution in [3.63, 3.8) is 0 Å². The molecule has 0 amide bonds. The third kappa shape index (κ3) is 3.45. The Morgan fingerprint density at radius 2 is 1.81 bits per heavy atom. The van der Waals surface area contributed by atoms with Crippen molar-refractivity contribution in [3.8, 4) is 23.0 Å². The molecule has 0 aliphatic heterocycles. The van der Waals surface area contributed by atoms with Crippen LogP contribution < -0.4 is 4.74 Å².